The van der Waals surface area contributed by atoms with Crippen LogP contribution in [0.15, 0.2) is 17.0 Å². The Kier molecular flexibility index (Phi) is 5.47. The topological polar surface area (TPSA) is 86.5 Å². The van der Waals surface area contributed by atoms with Crippen LogP contribution in [0.3, 0.4) is 0 Å². The van der Waals surface area contributed by atoms with Gasteiger partial charge in [0.2, 0.25) is 10.0 Å². The van der Waals surface area contributed by atoms with E-state index in [1.165, 1.54) is 6.92 Å². The number of halogens is 1. The Hall–Kier alpha value is -1.47. The van der Waals surface area contributed by atoms with Crippen molar-refractivity contribution in [2.45, 2.75) is 45.1 Å². The highest BCUT2D eigenvalue weighted by molar-refractivity contribution is 7.89. The largest absolute Gasteiger partial charge is 0.459 e. The zero-order valence-corrected chi connectivity index (χ0v) is 13.3. The Morgan fingerprint density at radius 2 is 1.90 bits per heavy atom. The maximum absolute atomic E-state index is 13.8. The molecule has 2 N–H and O–H groups in total. The minimum absolute atomic E-state index is 0.141. The van der Waals surface area contributed by atoms with Crippen molar-refractivity contribution >= 4 is 16.0 Å². The minimum atomic E-state index is -4.03. The SMILES string of the molecule is Cc1cc(F)c(C(=O)OC(C)CC(C)C)cc1S(N)(=O)=O. The minimum Gasteiger partial charge on any atom is -0.459 e. The van der Waals surface area contributed by atoms with Gasteiger partial charge in [0.15, 0.2) is 0 Å². The number of rotatable bonds is 5. The molecule has 1 unspecified atom stereocenters. The van der Waals surface area contributed by atoms with E-state index in [0.29, 0.717) is 12.3 Å². The Balaban J connectivity index is 3.10. The fourth-order valence-electron chi connectivity index (χ4n) is 2.07. The monoisotopic (exact) mass is 317 g/mol. The molecule has 0 aliphatic carbocycles. The predicted octanol–water partition coefficient (Wildman–Crippen LogP) is 2.37. The van der Waals surface area contributed by atoms with Crippen LogP contribution in [-0.4, -0.2) is 20.5 Å². The normalized spacial score (nSPS) is 13.3. The molecule has 1 aromatic rings. The highest BCUT2D eigenvalue weighted by atomic mass is 32.2. The number of sulfonamides is 1. The van der Waals surface area contributed by atoms with Crippen molar-refractivity contribution in [1.29, 1.82) is 0 Å². The summed E-state index contributed by atoms with van der Waals surface area (Å²) in [7, 11) is -4.03. The van der Waals surface area contributed by atoms with Gasteiger partial charge in [-0.2, -0.15) is 0 Å². The summed E-state index contributed by atoms with van der Waals surface area (Å²) in [6.45, 7) is 7.04. The summed E-state index contributed by atoms with van der Waals surface area (Å²) >= 11 is 0. The van der Waals surface area contributed by atoms with E-state index in [9.17, 15) is 17.6 Å². The molecule has 0 aromatic heterocycles. The van der Waals surface area contributed by atoms with Crippen molar-refractivity contribution in [2.75, 3.05) is 0 Å². The quantitative estimate of drug-likeness (QED) is 0.845. The second kappa shape index (κ2) is 6.53. The Bertz CT molecular complexity index is 641. The van der Waals surface area contributed by atoms with Gasteiger partial charge in [-0.25, -0.2) is 22.7 Å². The smallest absolute Gasteiger partial charge is 0.341 e. The summed E-state index contributed by atoms with van der Waals surface area (Å²) in [6.07, 6.45) is 0.234. The van der Waals surface area contributed by atoms with E-state index in [0.717, 1.165) is 12.1 Å². The molecular weight excluding hydrogens is 297 g/mol. The van der Waals surface area contributed by atoms with Crippen molar-refractivity contribution in [3.05, 3.63) is 29.1 Å². The molecule has 118 valence electrons. The number of carbonyl (C=O) groups excluding carboxylic acids is 1. The number of benzene rings is 1. The van der Waals surface area contributed by atoms with Gasteiger partial charge in [0.05, 0.1) is 16.6 Å². The fraction of sp³-hybridized carbons (Fsp3) is 0.500. The van der Waals surface area contributed by atoms with Gasteiger partial charge >= 0.3 is 5.97 Å². The molecule has 0 aliphatic heterocycles. The molecule has 0 fully saturated rings. The predicted molar refractivity (Wildman–Crippen MR) is 76.8 cm³/mol. The van der Waals surface area contributed by atoms with Gasteiger partial charge in [0.1, 0.15) is 5.82 Å². The molecule has 0 aliphatic rings. The second-order valence-corrected chi connectivity index (χ2v) is 7.02. The first-order valence-electron chi connectivity index (χ1n) is 6.56. The molecule has 0 spiro atoms. The van der Waals surface area contributed by atoms with Gasteiger partial charge in [-0.15, -0.1) is 0 Å². The number of ether oxygens (including phenoxy) is 1. The Labute approximate surface area is 124 Å². The van der Waals surface area contributed by atoms with Crippen LogP contribution in [0.5, 0.6) is 0 Å². The lowest BCUT2D eigenvalue weighted by molar-refractivity contribution is 0.0294. The molecule has 1 rings (SSSR count). The third kappa shape index (κ3) is 4.78. The van der Waals surface area contributed by atoms with E-state index in [1.807, 2.05) is 13.8 Å². The molecule has 1 atom stereocenters. The number of primary sulfonamides is 1. The van der Waals surface area contributed by atoms with Gasteiger partial charge < -0.3 is 4.74 Å². The van der Waals surface area contributed by atoms with Crippen LogP contribution in [-0.2, 0) is 14.8 Å². The molecule has 5 nitrogen and oxygen atoms in total. The molecule has 21 heavy (non-hydrogen) atoms. The second-order valence-electron chi connectivity index (χ2n) is 5.49. The van der Waals surface area contributed by atoms with Crippen LogP contribution < -0.4 is 5.14 Å². The third-order valence-corrected chi connectivity index (χ3v) is 3.96. The van der Waals surface area contributed by atoms with Crippen LogP contribution in [0.4, 0.5) is 4.39 Å². The van der Waals surface area contributed by atoms with Crippen LogP contribution in [0.25, 0.3) is 0 Å². The standard InChI is InChI=1S/C14H20FNO4S/c1-8(2)5-10(4)20-14(17)11-7-13(21(16,18)19)9(3)6-12(11)15/h6-8,10H,5H2,1-4H3,(H2,16,18,19). The summed E-state index contributed by atoms with van der Waals surface area (Å²) in [4.78, 5) is 11.7. The van der Waals surface area contributed by atoms with Crippen molar-refractivity contribution in [3.8, 4) is 0 Å². The average molecular weight is 317 g/mol. The summed E-state index contributed by atoms with van der Waals surface area (Å²) < 4.78 is 41.8. The third-order valence-electron chi connectivity index (χ3n) is 2.90. The van der Waals surface area contributed by atoms with Crippen LogP contribution in [0.1, 0.15) is 43.1 Å². The fourth-order valence-corrected chi connectivity index (χ4v) is 2.86. The van der Waals surface area contributed by atoms with Gasteiger partial charge in [-0.05, 0) is 43.9 Å². The maximum atomic E-state index is 13.8. The molecule has 0 saturated heterocycles. The zero-order chi connectivity index (χ0) is 16.4. The van der Waals surface area contributed by atoms with Gasteiger partial charge in [0.25, 0.3) is 0 Å². The molecule has 7 heteroatoms. The molecule has 0 bridgehead atoms. The molecule has 0 saturated carbocycles. The van der Waals surface area contributed by atoms with Crippen molar-refractivity contribution < 1.29 is 22.3 Å². The number of carbonyl (C=O) groups is 1. The maximum Gasteiger partial charge on any atom is 0.341 e. The van der Waals surface area contributed by atoms with Crippen molar-refractivity contribution in [2.24, 2.45) is 11.1 Å². The van der Waals surface area contributed by atoms with E-state index in [-0.39, 0.29) is 10.5 Å². The Morgan fingerprint density at radius 1 is 1.33 bits per heavy atom. The van der Waals surface area contributed by atoms with Crippen LogP contribution >= 0.6 is 0 Å². The van der Waals surface area contributed by atoms with Crippen molar-refractivity contribution in [3.63, 3.8) is 0 Å². The first-order chi connectivity index (χ1) is 9.52. The summed E-state index contributed by atoms with van der Waals surface area (Å²) in [5, 5.41) is 5.04. The summed E-state index contributed by atoms with van der Waals surface area (Å²) in [5.41, 5.74) is -0.290. The van der Waals surface area contributed by atoms with E-state index >= 15 is 0 Å². The number of nitrogens with two attached hydrogens (primary N) is 1. The van der Waals surface area contributed by atoms with Gasteiger partial charge in [-0.3, -0.25) is 0 Å². The zero-order valence-electron chi connectivity index (χ0n) is 12.5. The van der Waals surface area contributed by atoms with E-state index in [2.05, 4.69) is 0 Å². The highest BCUT2D eigenvalue weighted by Gasteiger charge is 2.22. The number of esters is 1. The summed E-state index contributed by atoms with van der Waals surface area (Å²) in [6, 6.07) is 1.88. The molecule has 1 aromatic carbocycles. The lowest BCUT2D eigenvalue weighted by Gasteiger charge is -2.16. The first kappa shape index (κ1) is 17.6. The van der Waals surface area contributed by atoms with E-state index < -0.39 is 33.5 Å². The van der Waals surface area contributed by atoms with E-state index in [1.54, 1.807) is 6.92 Å². The number of aryl methyl sites for hydroxylation is 1. The van der Waals surface area contributed by atoms with Crippen molar-refractivity contribution in [1.82, 2.24) is 0 Å². The average Bonchev–Trinajstić information content (AvgIpc) is 2.24. The first-order valence-corrected chi connectivity index (χ1v) is 8.11. The van der Waals surface area contributed by atoms with Gasteiger partial charge in [-0.1, -0.05) is 13.8 Å². The highest BCUT2D eigenvalue weighted by Crippen LogP contribution is 2.21. The molecule has 0 heterocycles. The van der Waals surface area contributed by atoms with Gasteiger partial charge in [0, 0.05) is 0 Å². The van der Waals surface area contributed by atoms with E-state index in [4.69, 9.17) is 9.88 Å². The lowest BCUT2D eigenvalue weighted by atomic mass is 10.1. The Morgan fingerprint density at radius 3 is 2.38 bits per heavy atom. The molecule has 0 radical (unpaired) electrons. The molecular formula is C14H20FNO4S. The van der Waals surface area contributed by atoms with Crippen LogP contribution in [0.2, 0.25) is 0 Å². The number of hydrogen-bond donors (Lipinski definition) is 1. The molecule has 0 amide bonds. The van der Waals surface area contributed by atoms with Crippen LogP contribution in [0, 0.1) is 18.7 Å². The lowest BCUT2D eigenvalue weighted by Crippen LogP contribution is -2.20. The number of hydrogen-bond acceptors (Lipinski definition) is 4. The summed E-state index contributed by atoms with van der Waals surface area (Å²) in [5.74, 6) is -1.41.